The Morgan fingerprint density at radius 3 is 2.43 bits per heavy atom. The molecule has 11 heteroatoms. The monoisotopic (exact) mass is 645 g/mol. The largest absolute Gasteiger partial charge is 0.493 e. The van der Waals surface area contributed by atoms with Gasteiger partial charge in [-0.2, -0.15) is 13.2 Å². The Hall–Kier alpha value is -5.21. The van der Waals surface area contributed by atoms with E-state index in [9.17, 15) is 27.9 Å². The van der Waals surface area contributed by atoms with Crippen LogP contribution in [-0.2, 0) is 30.4 Å². The van der Waals surface area contributed by atoms with Crippen LogP contribution in [0, 0.1) is 19.8 Å². The Balaban J connectivity index is 0.000000655. The number of fused-ring (bicyclic) bond motifs is 1. The number of nitrogens with zero attached hydrogens (tertiary/aromatic N) is 3. The van der Waals surface area contributed by atoms with Crippen LogP contribution in [-0.4, -0.2) is 42.9 Å². The number of aromatic nitrogens is 3. The molecule has 244 valence electrons. The zero-order chi connectivity index (χ0) is 34.7. The Labute approximate surface area is 269 Å². The van der Waals surface area contributed by atoms with Crippen molar-refractivity contribution in [1.29, 1.82) is 0 Å². The van der Waals surface area contributed by atoms with Gasteiger partial charge in [0.1, 0.15) is 5.75 Å². The van der Waals surface area contributed by atoms with Gasteiger partial charge in [0.15, 0.2) is 0 Å². The Morgan fingerprint density at radius 1 is 1.06 bits per heavy atom. The SMILES string of the molecule is C#C.CC(C)(C)O.Cc1cc2c(ccc(=O)n2Cc2cncc(C(F)(F)F)c2)c(-c2ccc3c4c(ccnc24)CCO3)c1CC(=O)O. The van der Waals surface area contributed by atoms with Crippen LogP contribution in [0.3, 0.4) is 0 Å². The zero-order valence-corrected chi connectivity index (χ0v) is 26.4. The minimum Gasteiger partial charge on any atom is -0.493 e. The summed E-state index contributed by atoms with van der Waals surface area (Å²) in [5.41, 5.74) is 3.04. The number of terminal acetylenes is 1. The lowest BCUT2D eigenvalue weighted by molar-refractivity contribution is -0.138. The first kappa shape index (κ1) is 34.7. The summed E-state index contributed by atoms with van der Waals surface area (Å²) in [6.45, 7) is 7.38. The van der Waals surface area contributed by atoms with Gasteiger partial charge < -0.3 is 19.5 Å². The molecule has 2 N–H and O–H groups in total. The molecule has 5 aromatic rings. The number of aryl methyl sites for hydroxylation is 1. The Bertz CT molecular complexity index is 2030. The van der Waals surface area contributed by atoms with E-state index < -0.39 is 28.9 Å². The molecular weight excluding hydrogens is 611 g/mol. The molecule has 0 saturated heterocycles. The smallest absolute Gasteiger partial charge is 0.417 e. The molecule has 1 aliphatic heterocycles. The van der Waals surface area contributed by atoms with Crippen LogP contribution >= 0.6 is 0 Å². The van der Waals surface area contributed by atoms with Crippen LogP contribution < -0.4 is 10.3 Å². The second kappa shape index (κ2) is 13.6. The topological polar surface area (TPSA) is 115 Å². The van der Waals surface area contributed by atoms with Gasteiger partial charge in [0.25, 0.3) is 5.56 Å². The van der Waals surface area contributed by atoms with Gasteiger partial charge >= 0.3 is 12.1 Å². The number of carbonyl (C=O) groups is 1. The number of hydrogen-bond acceptors (Lipinski definition) is 6. The van der Waals surface area contributed by atoms with Crippen LogP contribution in [0.15, 0.2) is 65.8 Å². The molecule has 0 unspecified atom stereocenters. The fraction of sp³-hybridized carbons (Fsp3) is 0.278. The summed E-state index contributed by atoms with van der Waals surface area (Å²) in [6.07, 6.45) is 7.60. The molecule has 2 aromatic carbocycles. The maximum absolute atomic E-state index is 13.3. The van der Waals surface area contributed by atoms with E-state index in [0.29, 0.717) is 57.5 Å². The van der Waals surface area contributed by atoms with Gasteiger partial charge in [-0.05, 0) is 91.9 Å². The fourth-order valence-electron chi connectivity index (χ4n) is 5.48. The summed E-state index contributed by atoms with van der Waals surface area (Å²) in [5, 5.41) is 19.7. The summed E-state index contributed by atoms with van der Waals surface area (Å²) >= 11 is 0. The predicted octanol–water partition coefficient (Wildman–Crippen LogP) is 6.58. The minimum absolute atomic E-state index is 0.153. The van der Waals surface area contributed by atoms with Crippen molar-refractivity contribution in [2.75, 3.05) is 6.61 Å². The van der Waals surface area contributed by atoms with E-state index in [2.05, 4.69) is 22.8 Å². The number of halogens is 3. The third-order valence-corrected chi connectivity index (χ3v) is 7.26. The quantitative estimate of drug-likeness (QED) is 0.208. The first-order chi connectivity index (χ1) is 22.1. The van der Waals surface area contributed by atoms with Crippen molar-refractivity contribution in [3.63, 3.8) is 0 Å². The second-order valence-electron chi connectivity index (χ2n) is 12.0. The number of aliphatic carboxylic acids is 1. The summed E-state index contributed by atoms with van der Waals surface area (Å²) in [6, 6.07) is 11.3. The van der Waals surface area contributed by atoms with E-state index in [1.54, 1.807) is 46.0 Å². The molecule has 0 spiro atoms. The number of hydrogen-bond donors (Lipinski definition) is 2. The lowest BCUT2D eigenvalue weighted by Crippen LogP contribution is -2.21. The average molecular weight is 646 g/mol. The van der Waals surface area contributed by atoms with Crippen molar-refractivity contribution in [2.45, 2.75) is 58.9 Å². The van der Waals surface area contributed by atoms with Crippen molar-refractivity contribution in [1.82, 2.24) is 14.5 Å². The summed E-state index contributed by atoms with van der Waals surface area (Å²) < 4.78 is 47.2. The summed E-state index contributed by atoms with van der Waals surface area (Å²) in [7, 11) is 0. The van der Waals surface area contributed by atoms with E-state index in [1.807, 2.05) is 18.2 Å². The number of ether oxygens (including phenoxy) is 1. The van der Waals surface area contributed by atoms with Crippen LogP contribution in [0.5, 0.6) is 5.75 Å². The highest BCUT2D eigenvalue weighted by atomic mass is 19.4. The Morgan fingerprint density at radius 2 is 1.77 bits per heavy atom. The van der Waals surface area contributed by atoms with E-state index in [-0.39, 0.29) is 18.5 Å². The van der Waals surface area contributed by atoms with Gasteiger partial charge in [0, 0.05) is 47.4 Å². The van der Waals surface area contributed by atoms with Crippen molar-refractivity contribution in [3.8, 4) is 29.7 Å². The minimum atomic E-state index is -4.58. The van der Waals surface area contributed by atoms with E-state index >= 15 is 0 Å². The molecule has 4 heterocycles. The summed E-state index contributed by atoms with van der Waals surface area (Å²) in [4.78, 5) is 33.4. The van der Waals surface area contributed by atoms with Gasteiger partial charge in [0.05, 0.1) is 41.8 Å². The number of carboxylic acid groups (broad SMARTS) is 1. The molecular formula is C36H34F3N3O5. The van der Waals surface area contributed by atoms with Crippen molar-refractivity contribution in [2.24, 2.45) is 0 Å². The van der Waals surface area contributed by atoms with Gasteiger partial charge in [0.2, 0.25) is 0 Å². The third kappa shape index (κ3) is 7.79. The molecule has 1 aliphatic rings. The lowest BCUT2D eigenvalue weighted by Gasteiger charge is -2.22. The van der Waals surface area contributed by atoms with Crippen LogP contribution in [0.25, 0.3) is 32.9 Å². The fourth-order valence-corrected chi connectivity index (χ4v) is 5.48. The Kier molecular flexibility index (Phi) is 10.1. The first-order valence-electron chi connectivity index (χ1n) is 14.6. The van der Waals surface area contributed by atoms with Gasteiger partial charge in [-0.1, -0.05) is 0 Å². The highest BCUT2D eigenvalue weighted by Gasteiger charge is 2.31. The molecule has 3 aromatic heterocycles. The predicted molar refractivity (Wildman–Crippen MR) is 174 cm³/mol. The molecule has 0 aliphatic carbocycles. The number of pyridine rings is 3. The number of benzene rings is 2. The average Bonchev–Trinajstić information content (AvgIpc) is 3.00. The molecule has 8 nitrogen and oxygen atoms in total. The van der Waals surface area contributed by atoms with E-state index in [4.69, 9.17) is 9.84 Å². The molecule has 6 rings (SSSR count). The number of alkyl halides is 3. The molecule has 0 amide bonds. The van der Waals surface area contributed by atoms with Crippen molar-refractivity contribution < 1.29 is 32.9 Å². The highest BCUT2D eigenvalue weighted by Crippen LogP contribution is 2.42. The van der Waals surface area contributed by atoms with Gasteiger partial charge in [-0.25, -0.2) is 0 Å². The molecule has 0 radical (unpaired) electrons. The normalized spacial score (nSPS) is 12.4. The van der Waals surface area contributed by atoms with Crippen LogP contribution in [0.2, 0.25) is 0 Å². The third-order valence-electron chi connectivity index (χ3n) is 7.26. The van der Waals surface area contributed by atoms with Crippen LogP contribution in [0.4, 0.5) is 13.2 Å². The van der Waals surface area contributed by atoms with E-state index in [1.165, 1.54) is 16.8 Å². The molecule has 47 heavy (non-hydrogen) atoms. The van der Waals surface area contributed by atoms with E-state index in [0.717, 1.165) is 23.2 Å². The molecule has 0 fully saturated rings. The highest BCUT2D eigenvalue weighted by molar-refractivity contribution is 6.08. The number of rotatable bonds is 5. The van der Waals surface area contributed by atoms with Crippen molar-refractivity contribution in [3.05, 3.63) is 99.2 Å². The first-order valence-corrected chi connectivity index (χ1v) is 14.6. The second-order valence-corrected chi connectivity index (χ2v) is 12.0. The number of carboxylic acids is 1. The standard InChI is InChI=1S/C30H22F3N3O4.C4H10O.C2H2/c1-16-10-23-20(3-5-25(37)36(23)15-17-11-19(14-34-13-17)30(31,32)33)28(22(16)12-26(38)39)21-2-4-24-27-18(7-9-40-24)6-8-35-29(21)27;1-4(2,3)5;1-2/h2-6,8,10-11,13-14H,7,9,12,15H2,1H3,(H,38,39);5H,1-3H3;1-2H. The summed E-state index contributed by atoms with van der Waals surface area (Å²) in [5.74, 6) is -0.329. The maximum Gasteiger partial charge on any atom is 0.417 e. The molecule has 0 saturated carbocycles. The van der Waals surface area contributed by atoms with Crippen molar-refractivity contribution >= 4 is 27.8 Å². The zero-order valence-electron chi connectivity index (χ0n) is 26.4. The number of aliphatic hydroxyl groups is 1. The maximum atomic E-state index is 13.3. The lowest BCUT2D eigenvalue weighted by atomic mass is 9.87. The van der Waals surface area contributed by atoms with Crippen LogP contribution in [0.1, 0.15) is 48.6 Å². The van der Waals surface area contributed by atoms with Gasteiger partial charge in [-0.3, -0.25) is 19.6 Å². The molecule has 0 bridgehead atoms. The molecule has 0 atom stereocenters. The van der Waals surface area contributed by atoms with Gasteiger partial charge in [-0.15, -0.1) is 12.8 Å².